The monoisotopic (exact) mass is 419 g/mol. The van der Waals surface area contributed by atoms with Crippen molar-refractivity contribution in [1.82, 2.24) is 0 Å². The molecule has 2 heterocycles. The van der Waals surface area contributed by atoms with Gasteiger partial charge in [-0.3, -0.25) is 5.01 Å². The number of halogens is 1. The van der Waals surface area contributed by atoms with Crippen LogP contribution in [-0.2, 0) is 0 Å². The number of ether oxygens (including phenoxy) is 1. The maximum absolute atomic E-state index is 11.3. The van der Waals surface area contributed by atoms with Gasteiger partial charge >= 0.3 is 5.97 Å². The van der Waals surface area contributed by atoms with E-state index in [-0.39, 0.29) is 17.5 Å². The number of rotatable bonds is 3. The highest BCUT2D eigenvalue weighted by Crippen LogP contribution is 2.43. The van der Waals surface area contributed by atoms with Crippen molar-refractivity contribution in [3.63, 3.8) is 0 Å². The van der Waals surface area contributed by atoms with Gasteiger partial charge in [-0.05, 0) is 55.2 Å². The van der Waals surface area contributed by atoms with E-state index in [0.717, 1.165) is 29.8 Å². The summed E-state index contributed by atoms with van der Waals surface area (Å²) in [6.45, 7) is 0.441. The Hall–Kier alpha value is -3.30. The molecule has 3 aliphatic rings. The van der Waals surface area contributed by atoms with E-state index in [1.807, 2.05) is 11.1 Å². The molecule has 7 heteroatoms. The lowest BCUT2D eigenvalue weighted by atomic mass is 9.81. The highest BCUT2D eigenvalue weighted by molar-refractivity contribution is 6.32. The second-order valence-electron chi connectivity index (χ2n) is 7.73. The molecule has 0 radical (unpaired) electrons. The third-order valence-corrected chi connectivity index (χ3v) is 6.36. The van der Waals surface area contributed by atoms with E-state index in [2.05, 4.69) is 18.2 Å². The molecule has 1 aliphatic carbocycles. The first-order chi connectivity index (χ1) is 14.6. The predicted molar refractivity (Wildman–Crippen MR) is 113 cm³/mol. The van der Waals surface area contributed by atoms with E-state index in [1.54, 1.807) is 30.3 Å². The molecule has 2 aromatic carbocycles. The Kier molecular flexibility index (Phi) is 4.48. The molecule has 0 amide bonds. The van der Waals surface area contributed by atoms with Crippen LogP contribution in [0.1, 0.15) is 34.3 Å². The van der Waals surface area contributed by atoms with Crippen molar-refractivity contribution < 1.29 is 14.6 Å². The van der Waals surface area contributed by atoms with Crippen LogP contribution in [0, 0.1) is 23.2 Å². The highest BCUT2D eigenvalue weighted by Gasteiger charge is 2.46. The minimum atomic E-state index is -0.986. The normalized spacial score (nSPS) is 22.1. The van der Waals surface area contributed by atoms with Gasteiger partial charge in [0.05, 0.1) is 46.1 Å². The molecule has 5 rings (SSSR count). The van der Waals surface area contributed by atoms with Crippen LogP contribution in [0.15, 0.2) is 53.7 Å². The summed E-state index contributed by atoms with van der Waals surface area (Å²) >= 11 is 6.31. The third kappa shape index (κ3) is 2.94. The summed E-state index contributed by atoms with van der Waals surface area (Å²) in [5, 5.41) is 25.9. The molecule has 0 bridgehead atoms. The van der Waals surface area contributed by atoms with Crippen LogP contribution < -0.4 is 9.75 Å². The molecule has 1 N–H and O–H groups in total. The van der Waals surface area contributed by atoms with Crippen molar-refractivity contribution >= 4 is 29.0 Å². The van der Waals surface area contributed by atoms with Crippen LogP contribution in [0.5, 0.6) is 5.75 Å². The minimum absolute atomic E-state index is 0.0625. The summed E-state index contributed by atoms with van der Waals surface area (Å²) in [6, 6.07) is 12.5. The number of carboxylic acid groups (broad SMARTS) is 1. The average molecular weight is 420 g/mol. The van der Waals surface area contributed by atoms with Crippen LogP contribution in [-0.4, -0.2) is 29.4 Å². The first-order valence-corrected chi connectivity index (χ1v) is 10.2. The van der Waals surface area contributed by atoms with Gasteiger partial charge < -0.3 is 9.84 Å². The molecule has 150 valence electrons. The third-order valence-electron chi connectivity index (χ3n) is 6.05. The number of anilines is 1. The summed E-state index contributed by atoms with van der Waals surface area (Å²) in [7, 11) is 0. The second kappa shape index (κ2) is 7.19. The SMILES string of the molecule is N#Cc1ccc(N2N=C3c4ccc(C(=O)O)cc4OCC3C2C2CC=CC2)cc1Cl. The fourth-order valence-corrected chi connectivity index (χ4v) is 4.82. The number of nitriles is 1. The summed E-state index contributed by atoms with van der Waals surface area (Å²) < 4.78 is 6.00. The van der Waals surface area contributed by atoms with Gasteiger partial charge in [-0.15, -0.1) is 0 Å². The molecule has 0 saturated heterocycles. The van der Waals surface area contributed by atoms with E-state index in [9.17, 15) is 15.2 Å². The zero-order valence-electron chi connectivity index (χ0n) is 16.0. The highest BCUT2D eigenvalue weighted by atomic mass is 35.5. The molecule has 0 saturated carbocycles. The lowest BCUT2D eigenvalue weighted by molar-refractivity contribution is 0.0696. The number of aromatic carboxylic acids is 1. The molecule has 2 unspecified atom stereocenters. The van der Waals surface area contributed by atoms with Gasteiger partial charge in [-0.1, -0.05) is 23.8 Å². The zero-order chi connectivity index (χ0) is 20.8. The van der Waals surface area contributed by atoms with E-state index in [0.29, 0.717) is 28.9 Å². The number of nitrogens with zero attached hydrogens (tertiary/aromatic N) is 3. The number of allylic oxidation sites excluding steroid dienone is 2. The average Bonchev–Trinajstić information content (AvgIpc) is 3.40. The molecule has 0 fully saturated rings. The van der Waals surface area contributed by atoms with E-state index >= 15 is 0 Å². The molecule has 2 aliphatic heterocycles. The molecule has 0 aromatic heterocycles. The largest absolute Gasteiger partial charge is 0.492 e. The molecular weight excluding hydrogens is 402 g/mol. The first-order valence-electron chi connectivity index (χ1n) is 9.79. The van der Waals surface area contributed by atoms with E-state index in [4.69, 9.17) is 21.4 Å². The molecule has 2 atom stereocenters. The maximum Gasteiger partial charge on any atom is 0.335 e. The summed E-state index contributed by atoms with van der Waals surface area (Å²) in [6.07, 6.45) is 6.33. The van der Waals surface area contributed by atoms with Crippen LogP contribution in [0.2, 0.25) is 5.02 Å². The number of fused-ring (bicyclic) bond motifs is 3. The summed E-state index contributed by atoms with van der Waals surface area (Å²) in [5.41, 5.74) is 3.19. The van der Waals surface area contributed by atoms with Crippen LogP contribution >= 0.6 is 11.6 Å². The Bertz CT molecular complexity index is 1140. The van der Waals surface area contributed by atoms with Crippen LogP contribution in [0.3, 0.4) is 0 Å². The van der Waals surface area contributed by atoms with Crippen molar-refractivity contribution in [1.29, 1.82) is 5.26 Å². The predicted octanol–water partition coefficient (Wildman–Crippen LogP) is 4.48. The number of hydrogen-bond donors (Lipinski definition) is 1. The number of hydrogen-bond acceptors (Lipinski definition) is 5. The minimum Gasteiger partial charge on any atom is -0.492 e. The van der Waals surface area contributed by atoms with Gasteiger partial charge in [0.25, 0.3) is 0 Å². The van der Waals surface area contributed by atoms with Crippen molar-refractivity contribution in [2.45, 2.75) is 18.9 Å². The second-order valence-corrected chi connectivity index (χ2v) is 8.14. The standard InChI is InChI=1S/C23H18ClN3O3/c24-19-10-16(7-5-15(19)11-25)27-22(13-3-1-2-4-13)18-12-30-20-9-14(23(28)29)6-8-17(20)21(18)26-27/h1-2,5-10,13,18,22H,3-4,12H2,(H,28,29). The quantitative estimate of drug-likeness (QED) is 0.741. The van der Waals surface area contributed by atoms with E-state index < -0.39 is 5.97 Å². The Labute approximate surface area is 178 Å². The summed E-state index contributed by atoms with van der Waals surface area (Å²) in [5.74, 6) is 0.00941. The zero-order valence-corrected chi connectivity index (χ0v) is 16.7. The van der Waals surface area contributed by atoms with Crippen molar-refractivity contribution in [2.24, 2.45) is 16.9 Å². The molecule has 0 spiro atoms. The van der Waals surface area contributed by atoms with Gasteiger partial charge in [-0.2, -0.15) is 10.4 Å². The fraction of sp³-hybridized carbons (Fsp3) is 0.261. The van der Waals surface area contributed by atoms with E-state index in [1.165, 1.54) is 0 Å². The number of hydrazone groups is 1. The fourth-order valence-electron chi connectivity index (χ4n) is 4.60. The number of carbonyl (C=O) groups is 1. The Balaban J connectivity index is 1.59. The van der Waals surface area contributed by atoms with Gasteiger partial charge in [-0.25, -0.2) is 4.79 Å². The molecule has 2 aromatic rings. The number of benzene rings is 2. The maximum atomic E-state index is 11.3. The molecular formula is C23H18ClN3O3. The molecule has 30 heavy (non-hydrogen) atoms. The van der Waals surface area contributed by atoms with Gasteiger partial charge in [0.15, 0.2) is 0 Å². The van der Waals surface area contributed by atoms with Gasteiger partial charge in [0, 0.05) is 5.56 Å². The van der Waals surface area contributed by atoms with Crippen molar-refractivity contribution in [3.05, 3.63) is 70.3 Å². The van der Waals surface area contributed by atoms with Gasteiger partial charge in [0.2, 0.25) is 0 Å². The Morgan fingerprint density at radius 1 is 1.23 bits per heavy atom. The van der Waals surface area contributed by atoms with Crippen LogP contribution in [0.25, 0.3) is 0 Å². The lowest BCUT2D eigenvalue weighted by Gasteiger charge is -2.34. The Morgan fingerprint density at radius 2 is 2.03 bits per heavy atom. The van der Waals surface area contributed by atoms with Crippen LogP contribution in [0.4, 0.5) is 5.69 Å². The first kappa shape index (κ1) is 18.7. The Morgan fingerprint density at radius 3 is 2.73 bits per heavy atom. The number of carboxylic acids is 1. The summed E-state index contributed by atoms with van der Waals surface area (Å²) in [4.78, 5) is 11.3. The van der Waals surface area contributed by atoms with Gasteiger partial charge in [0.1, 0.15) is 11.8 Å². The van der Waals surface area contributed by atoms with Crippen molar-refractivity contribution in [3.8, 4) is 11.8 Å². The topological polar surface area (TPSA) is 85.9 Å². The molecule has 6 nitrogen and oxygen atoms in total. The smallest absolute Gasteiger partial charge is 0.335 e. The lowest BCUT2D eigenvalue weighted by Crippen LogP contribution is -2.43. The van der Waals surface area contributed by atoms with Crippen molar-refractivity contribution in [2.75, 3.05) is 11.6 Å².